The Morgan fingerprint density at radius 3 is 2.85 bits per heavy atom. The van der Waals surface area contributed by atoms with E-state index in [1.165, 1.54) is 31.4 Å². The molecule has 1 N–H and O–H groups in total. The molecule has 2 heterocycles. The quantitative estimate of drug-likeness (QED) is 0.649. The normalized spacial score (nSPS) is 44.9. The lowest BCUT2D eigenvalue weighted by atomic mass is 9.53. The highest BCUT2D eigenvalue weighted by Crippen LogP contribution is 2.70. The van der Waals surface area contributed by atoms with Gasteiger partial charge in [0.25, 0.3) is 0 Å². The van der Waals surface area contributed by atoms with E-state index in [4.69, 9.17) is 9.47 Å². The minimum Gasteiger partial charge on any atom is -0.462 e. The summed E-state index contributed by atoms with van der Waals surface area (Å²) in [5.74, 6) is 0.234. The number of rotatable bonds is 4. The number of fused-ring (bicyclic) bond motifs is 2. The highest BCUT2D eigenvalue weighted by molar-refractivity contribution is 5.76. The lowest BCUT2D eigenvalue weighted by Gasteiger charge is -2.48. The predicted octanol–water partition coefficient (Wildman–Crippen LogP) is 3.44. The van der Waals surface area contributed by atoms with Gasteiger partial charge in [-0.25, -0.2) is 4.39 Å². The Balaban J connectivity index is 1.30. The van der Waals surface area contributed by atoms with Crippen LogP contribution < -0.4 is 5.32 Å². The van der Waals surface area contributed by atoms with Crippen LogP contribution in [-0.4, -0.2) is 30.3 Å². The summed E-state index contributed by atoms with van der Waals surface area (Å²) in [5, 5.41) is 3.38. The third-order valence-corrected chi connectivity index (χ3v) is 7.80. The van der Waals surface area contributed by atoms with Crippen molar-refractivity contribution in [1.82, 2.24) is 5.32 Å². The van der Waals surface area contributed by atoms with Crippen LogP contribution in [0.15, 0.2) is 24.3 Å². The van der Waals surface area contributed by atoms with E-state index < -0.39 is 0 Å². The largest absolute Gasteiger partial charge is 0.462 e. The minimum atomic E-state index is -0.232. The summed E-state index contributed by atoms with van der Waals surface area (Å²) in [6.07, 6.45) is 4.70. The number of halogens is 1. The van der Waals surface area contributed by atoms with Gasteiger partial charge in [0.2, 0.25) is 0 Å². The van der Waals surface area contributed by atoms with Crippen LogP contribution >= 0.6 is 0 Å². The Morgan fingerprint density at radius 2 is 2.07 bits per heavy atom. The van der Waals surface area contributed by atoms with Crippen molar-refractivity contribution in [2.45, 2.75) is 63.9 Å². The molecule has 2 saturated heterocycles. The van der Waals surface area contributed by atoms with E-state index in [1.807, 2.05) is 0 Å². The van der Waals surface area contributed by atoms with Crippen LogP contribution in [-0.2, 0) is 20.8 Å². The van der Waals surface area contributed by atoms with Gasteiger partial charge in [0.05, 0.1) is 12.0 Å². The SMILES string of the molecule is C[C@H]1CCC[C@]2(C)C[C@H]3OC(=O)[C@H](CNCc4ccc(F)cc4)[C@H]3[C@@H]3O[C@@]132. The molecular weight excluding hydrogens is 345 g/mol. The monoisotopic (exact) mass is 373 g/mol. The summed E-state index contributed by atoms with van der Waals surface area (Å²) < 4.78 is 25.3. The fourth-order valence-electron chi connectivity index (χ4n) is 6.44. The van der Waals surface area contributed by atoms with E-state index in [2.05, 4.69) is 19.2 Å². The number of benzene rings is 1. The molecule has 0 aromatic heterocycles. The molecule has 4 nitrogen and oxygen atoms in total. The van der Waals surface area contributed by atoms with Gasteiger partial charge in [0.1, 0.15) is 17.5 Å². The molecule has 7 atom stereocenters. The number of hydrogen-bond donors (Lipinski definition) is 1. The summed E-state index contributed by atoms with van der Waals surface area (Å²) in [5.41, 5.74) is 1.10. The molecule has 27 heavy (non-hydrogen) atoms. The predicted molar refractivity (Wildman–Crippen MR) is 98.3 cm³/mol. The van der Waals surface area contributed by atoms with Crippen LogP contribution in [0.3, 0.4) is 0 Å². The Labute approximate surface area is 159 Å². The number of hydrogen-bond acceptors (Lipinski definition) is 4. The highest BCUT2D eigenvalue weighted by Gasteiger charge is 2.78. The molecule has 2 aliphatic carbocycles. The summed E-state index contributed by atoms with van der Waals surface area (Å²) >= 11 is 0. The molecule has 0 bridgehead atoms. The van der Waals surface area contributed by atoms with Crippen molar-refractivity contribution < 1.29 is 18.7 Å². The van der Waals surface area contributed by atoms with Gasteiger partial charge in [0.15, 0.2) is 0 Å². The van der Waals surface area contributed by atoms with Crippen LogP contribution in [0.5, 0.6) is 0 Å². The molecule has 2 aliphatic heterocycles. The molecule has 0 radical (unpaired) electrons. The maximum Gasteiger partial charge on any atom is 0.311 e. The fraction of sp³-hybridized carbons (Fsp3) is 0.682. The van der Waals surface area contributed by atoms with Gasteiger partial charge in [-0.05, 0) is 42.9 Å². The number of carbonyl (C=O) groups is 1. The maximum atomic E-state index is 13.0. The van der Waals surface area contributed by atoms with Crippen LogP contribution in [0, 0.1) is 29.0 Å². The summed E-state index contributed by atoms with van der Waals surface area (Å²) in [6, 6.07) is 6.47. The topological polar surface area (TPSA) is 50.9 Å². The summed E-state index contributed by atoms with van der Waals surface area (Å²) in [6.45, 7) is 5.86. The van der Waals surface area contributed by atoms with Crippen molar-refractivity contribution in [2.24, 2.45) is 23.2 Å². The Bertz CT molecular complexity index is 752. The van der Waals surface area contributed by atoms with E-state index in [1.54, 1.807) is 12.1 Å². The van der Waals surface area contributed by atoms with E-state index in [9.17, 15) is 9.18 Å². The zero-order chi connectivity index (χ0) is 18.8. The van der Waals surface area contributed by atoms with Crippen LogP contribution in [0.25, 0.3) is 0 Å². The summed E-state index contributed by atoms with van der Waals surface area (Å²) in [4.78, 5) is 12.6. The molecular formula is C22H28FNO3. The average Bonchev–Trinajstić information content (AvgIpc) is 3.31. The molecule has 146 valence electrons. The van der Waals surface area contributed by atoms with Crippen molar-refractivity contribution in [3.05, 3.63) is 35.6 Å². The van der Waals surface area contributed by atoms with E-state index >= 15 is 0 Å². The van der Waals surface area contributed by atoms with Crippen molar-refractivity contribution in [2.75, 3.05) is 6.54 Å². The summed E-state index contributed by atoms with van der Waals surface area (Å²) in [7, 11) is 0. The second-order valence-electron chi connectivity index (χ2n) is 9.31. The number of esters is 1. The molecule has 1 aromatic carbocycles. The first-order chi connectivity index (χ1) is 12.9. The average molecular weight is 373 g/mol. The molecule has 0 unspecified atom stereocenters. The van der Waals surface area contributed by atoms with Crippen molar-refractivity contribution >= 4 is 5.97 Å². The van der Waals surface area contributed by atoms with E-state index in [0.717, 1.165) is 12.0 Å². The fourth-order valence-corrected chi connectivity index (χ4v) is 6.44. The van der Waals surface area contributed by atoms with Crippen LogP contribution in [0.1, 0.15) is 45.1 Å². The second kappa shape index (κ2) is 6.02. The van der Waals surface area contributed by atoms with Gasteiger partial charge in [0, 0.05) is 24.4 Å². The Morgan fingerprint density at radius 1 is 1.30 bits per heavy atom. The third kappa shape index (κ3) is 2.51. The molecule has 4 fully saturated rings. The molecule has 2 saturated carbocycles. The number of epoxide rings is 1. The first-order valence-corrected chi connectivity index (χ1v) is 10.3. The molecule has 1 aromatic rings. The van der Waals surface area contributed by atoms with Gasteiger partial charge in [-0.1, -0.05) is 32.4 Å². The zero-order valence-electron chi connectivity index (χ0n) is 16.0. The lowest BCUT2D eigenvalue weighted by molar-refractivity contribution is -0.146. The first kappa shape index (κ1) is 17.6. The standard InChI is InChI=1S/C22H28FNO3/c1-13-4-3-9-21(2)10-17-18(19-22(13,21)27-19)16(20(25)26-17)12-24-11-14-5-7-15(23)8-6-14/h5-8,13,16-19,24H,3-4,9-12H2,1-2H3/t13-,16+,17+,18+,19-,21+,22-/m0/s1. The smallest absolute Gasteiger partial charge is 0.311 e. The Hall–Kier alpha value is -1.46. The molecule has 4 aliphatic rings. The van der Waals surface area contributed by atoms with Gasteiger partial charge >= 0.3 is 5.97 Å². The molecule has 5 heteroatoms. The maximum absolute atomic E-state index is 13.0. The number of nitrogens with one attached hydrogen (secondary N) is 1. The second-order valence-corrected chi connectivity index (χ2v) is 9.31. The minimum absolute atomic E-state index is 0.00829. The van der Waals surface area contributed by atoms with Crippen molar-refractivity contribution in [1.29, 1.82) is 0 Å². The Kier molecular flexibility index (Phi) is 3.93. The molecule has 5 rings (SSSR count). The van der Waals surface area contributed by atoms with E-state index in [-0.39, 0.29) is 46.8 Å². The lowest BCUT2D eigenvalue weighted by Crippen LogP contribution is -2.54. The highest BCUT2D eigenvalue weighted by atomic mass is 19.1. The zero-order valence-corrected chi connectivity index (χ0v) is 16.0. The van der Waals surface area contributed by atoms with Gasteiger partial charge in [-0.15, -0.1) is 0 Å². The van der Waals surface area contributed by atoms with Gasteiger partial charge in [-0.3, -0.25) is 4.79 Å². The molecule has 0 amide bonds. The number of carbonyl (C=O) groups excluding carboxylic acids is 1. The van der Waals surface area contributed by atoms with Crippen LogP contribution in [0.2, 0.25) is 0 Å². The third-order valence-electron chi connectivity index (χ3n) is 7.80. The van der Waals surface area contributed by atoms with Gasteiger partial charge < -0.3 is 14.8 Å². The van der Waals surface area contributed by atoms with E-state index in [0.29, 0.717) is 19.0 Å². The van der Waals surface area contributed by atoms with Crippen molar-refractivity contribution in [3.63, 3.8) is 0 Å². The van der Waals surface area contributed by atoms with Gasteiger partial charge in [-0.2, -0.15) is 0 Å². The van der Waals surface area contributed by atoms with Crippen molar-refractivity contribution in [3.8, 4) is 0 Å². The number of ether oxygens (including phenoxy) is 2. The molecule has 1 spiro atoms. The van der Waals surface area contributed by atoms with Crippen LogP contribution in [0.4, 0.5) is 4.39 Å². The first-order valence-electron chi connectivity index (χ1n) is 10.3.